The number of hydrogen-bond donors (Lipinski definition) is 1. The lowest BCUT2D eigenvalue weighted by Gasteiger charge is -2.37. The van der Waals surface area contributed by atoms with Crippen LogP contribution in [-0.2, 0) is 0 Å². The molecule has 1 aliphatic rings. The molecule has 1 aliphatic carbocycles. The van der Waals surface area contributed by atoms with E-state index in [1.54, 1.807) is 0 Å². The topological polar surface area (TPSA) is 15.3 Å². The van der Waals surface area contributed by atoms with Crippen molar-refractivity contribution in [2.24, 2.45) is 11.3 Å². The summed E-state index contributed by atoms with van der Waals surface area (Å²) in [6, 6.07) is 1.38. The van der Waals surface area contributed by atoms with E-state index in [2.05, 4.69) is 51.9 Å². The zero-order valence-corrected chi connectivity index (χ0v) is 13.4. The van der Waals surface area contributed by atoms with Gasteiger partial charge in [-0.25, -0.2) is 0 Å². The van der Waals surface area contributed by atoms with E-state index in [0.29, 0.717) is 11.5 Å². The van der Waals surface area contributed by atoms with E-state index in [1.807, 2.05) is 0 Å². The Morgan fingerprint density at radius 2 is 2.00 bits per heavy atom. The monoisotopic (exact) mass is 254 g/mol. The van der Waals surface area contributed by atoms with Crippen LogP contribution in [0.2, 0.25) is 0 Å². The number of nitrogens with zero attached hydrogens (tertiary/aromatic N) is 1. The molecule has 0 aromatic rings. The van der Waals surface area contributed by atoms with Crippen molar-refractivity contribution < 1.29 is 0 Å². The molecule has 3 unspecified atom stereocenters. The van der Waals surface area contributed by atoms with Gasteiger partial charge in [-0.15, -0.1) is 0 Å². The minimum Gasteiger partial charge on any atom is -0.312 e. The Hall–Kier alpha value is -0.0800. The minimum atomic E-state index is 0.448. The Bertz CT molecular complexity index is 237. The average molecular weight is 254 g/mol. The van der Waals surface area contributed by atoms with E-state index in [0.717, 1.165) is 18.5 Å². The van der Waals surface area contributed by atoms with E-state index >= 15 is 0 Å². The van der Waals surface area contributed by atoms with Crippen LogP contribution in [0.1, 0.15) is 60.3 Å². The Morgan fingerprint density at radius 1 is 1.33 bits per heavy atom. The second kappa shape index (κ2) is 6.91. The average Bonchev–Trinajstić information content (AvgIpc) is 2.61. The molecule has 0 aromatic heterocycles. The quantitative estimate of drug-likeness (QED) is 0.748. The summed E-state index contributed by atoms with van der Waals surface area (Å²) in [6.07, 6.45) is 5.22. The fraction of sp³-hybridized carbons (Fsp3) is 1.00. The SMILES string of the molecule is CCCNC1C(N(C)CC(C)CC)CCC1(C)C. The fourth-order valence-electron chi connectivity index (χ4n) is 3.31. The van der Waals surface area contributed by atoms with Crippen LogP contribution in [0.15, 0.2) is 0 Å². The third-order valence-corrected chi connectivity index (χ3v) is 4.79. The second-order valence-corrected chi connectivity index (χ2v) is 6.98. The predicted molar refractivity (Wildman–Crippen MR) is 81.0 cm³/mol. The molecule has 1 N–H and O–H groups in total. The van der Waals surface area contributed by atoms with Gasteiger partial charge in [0.2, 0.25) is 0 Å². The maximum Gasteiger partial charge on any atom is 0.0274 e. The van der Waals surface area contributed by atoms with Crippen LogP contribution >= 0.6 is 0 Å². The molecule has 0 aromatic carbocycles. The first-order valence-electron chi connectivity index (χ1n) is 7.86. The normalized spacial score (nSPS) is 28.8. The minimum absolute atomic E-state index is 0.448. The third kappa shape index (κ3) is 3.96. The lowest BCUT2D eigenvalue weighted by atomic mass is 9.86. The van der Waals surface area contributed by atoms with Gasteiger partial charge in [-0.2, -0.15) is 0 Å². The Morgan fingerprint density at radius 3 is 2.56 bits per heavy atom. The van der Waals surface area contributed by atoms with Crippen LogP contribution in [0.4, 0.5) is 0 Å². The van der Waals surface area contributed by atoms with Gasteiger partial charge < -0.3 is 10.2 Å². The highest BCUT2D eigenvalue weighted by atomic mass is 15.2. The van der Waals surface area contributed by atoms with E-state index in [4.69, 9.17) is 0 Å². The van der Waals surface area contributed by atoms with Crippen LogP contribution in [-0.4, -0.2) is 37.1 Å². The van der Waals surface area contributed by atoms with Gasteiger partial charge in [0.1, 0.15) is 0 Å². The van der Waals surface area contributed by atoms with Gasteiger partial charge >= 0.3 is 0 Å². The van der Waals surface area contributed by atoms with Crippen molar-refractivity contribution in [1.29, 1.82) is 0 Å². The molecule has 0 spiro atoms. The van der Waals surface area contributed by atoms with Crippen LogP contribution in [0.25, 0.3) is 0 Å². The molecule has 0 bridgehead atoms. The molecule has 1 saturated carbocycles. The highest BCUT2D eigenvalue weighted by Crippen LogP contribution is 2.39. The Kier molecular flexibility index (Phi) is 6.13. The maximum atomic E-state index is 3.80. The van der Waals surface area contributed by atoms with Gasteiger partial charge in [-0.1, -0.05) is 41.0 Å². The lowest BCUT2D eigenvalue weighted by Crippen LogP contribution is -2.51. The van der Waals surface area contributed by atoms with E-state index in [-0.39, 0.29) is 0 Å². The molecule has 1 rings (SSSR count). The van der Waals surface area contributed by atoms with E-state index < -0.39 is 0 Å². The summed E-state index contributed by atoms with van der Waals surface area (Å²) in [6.45, 7) is 14.2. The molecule has 2 nitrogen and oxygen atoms in total. The lowest BCUT2D eigenvalue weighted by molar-refractivity contribution is 0.154. The summed E-state index contributed by atoms with van der Waals surface area (Å²) in [5.74, 6) is 0.811. The number of likely N-dealkylation sites (N-methyl/N-ethyl adjacent to an activating group) is 1. The predicted octanol–water partition coefficient (Wildman–Crippen LogP) is 3.52. The van der Waals surface area contributed by atoms with Crippen molar-refractivity contribution in [2.45, 2.75) is 72.4 Å². The molecule has 1 fully saturated rings. The number of hydrogen-bond acceptors (Lipinski definition) is 2. The summed E-state index contributed by atoms with van der Waals surface area (Å²) >= 11 is 0. The molecule has 0 heterocycles. The van der Waals surface area contributed by atoms with Gasteiger partial charge in [0.15, 0.2) is 0 Å². The highest BCUT2D eigenvalue weighted by Gasteiger charge is 2.43. The van der Waals surface area contributed by atoms with Crippen LogP contribution in [0, 0.1) is 11.3 Å². The number of rotatable bonds is 7. The van der Waals surface area contributed by atoms with Crippen molar-refractivity contribution in [3.05, 3.63) is 0 Å². The summed E-state index contributed by atoms with van der Waals surface area (Å²) in [4.78, 5) is 2.61. The maximum absolute atomic E-state index is 3.80. The van der Waals surface area contributed by atoms with Crippen LogP contribution in [0.5, 0.6) is 0 Å². The number of nitrogens with one attached hydrogen (secondary N) is 1. The molecule has 0 radical (unpaired) electrons. The Balaban J connectivity index is 2.62. The molecule has 3 atom stereocenters. The molecular formula is C16H34N2. The fourth-order valence-corrected chi connectivity index (χ4v) is 3.31. The largest absolute Gasteiger partial charge is 0.312 e. The standard InChI is InChI=1S/C16H34N2/c1-7-11-17-15-14(9-10-16(15,4)5)18(6)12-13(3)8-2/h13-15,17H,7-12H2,1-6H3. The first-order valence-corrected chi connectivity index (χ1v) is 7.86. The summed E-state index contributed by atoms with van der Waals surface area (Å²) in [5.41, 5.74) is 0.448. The third-order valence-electron chi connectivity index (χ3n) is 4.79. The van der Waals surface area contributed by atoms with Crippen molar-refractivity contribution in [2.75, 3.05) is 20.1 Å². The van der Waals surface area contributed by atoms with Gasteiger partial charge in [-0.3, -0.25) is 0 Å². The van der Waals surface area contributed by atoms with Crippen LogP contribution < -0.4 is 5.32 Å². The summed E-state index contributed by atoms with van der Waals surface area (Å²) in [5, 5.41) is 3.80. The molecule has 18 heavy (non-hydrogen) atoms. The van der Waals surface area contributed by atoms with Crippen LogP contribution in [0.3, 0.4) is 0 Å². The molecule has 0 aliphatic heterocycles. The molecular weight excluding hydrogens is 220 g/mol. The molecule has 0 saturated heterocycles. The second-order valence-electron chi connectivity index (χ2n) is 6.98. The first kappa shape index (κ1) is 16.0. The summed E-state index contributed by atoms with van der Waals surface area (Å²) in [7, 11) is 2.32. The molecule has 2 heteroatoms. The van der Waals surface area contributed by atoms with Crippen molar-refractivity contribution >= 4 is 0 Å². The van der Waals surface area contributed by atoms with Gasteiger partial charge in [0.25, 0.3) is 0 Å². The molecule has 0 amide bonds. The highest BCUT2D eigenvalue weighted by molar-refractivity contribution is 5.00. The van der Waals surface area contributed by atoms with E-state index in [9.17, 15) is 0 Å². The molecule has 108 valence electrons. The first-order chi connectivity index (χ1) is 8.42. The Labute approximate surface area is 115 Å². The van der Waals surface area contributed by atoms with Gasteiger partial charge in [0, 0.05) is 18.6 Å². The van der Waals surface area contributed by atoms with E-state index in [1.165, 1.54) is 32.2 Å². The van der Waals surface area contributed by atoms with Crippen molar-refractivity contribution in [1.82, 2.24) is 10.2 Å². The summed E-state index contributed by atoms with van der Waals surface area (Å²) < 4.78 is 0. The zero-order valence-electron chi connectivity index (χ0n) is 13.4. The van der Waals surface area contributed by atoms with Crippen molar-refractivity contribution in [3.8, 4) is 0 Å². The van der Waals surface area contributed by atoms with Crippen molar-refractivity contribution in [3.63, 3.8) is 0 Å². The van der Waals surface area contributed by atoms with Gasteiger partial charge in [-0.05, 0) is 44.2 Å². The van der Waals surface area contributed by atoms with Gasteiger partial charge in [0.05, 0.1) is 0 Å². The zero-order chi connectivity index (χ0) is 13.8. The smallest absolute Gasteiger partial charge is 0.0274 e.